The Morgan fingerprint density at radius 3 is 2.93 bits per heavy atom. The Labute approximate surface area is 162 Å². The van der Waals surface area contributed by atoms with Crippen LogP contribution in [0.5, 0.6) is 11.6 Å². The number of carbonyl (C=O) groups is 1. The highest BCUT2D eigenvalue weighted by molar-refractivity contribution is 5.77. The van der Waals surface area contributed by atoms with E-state index in [-0.39, 0.29) is 18.6 Å². The van der Waals surface area contributed by atoms with Gasteiger partial charge in [0.25, 0.3) is 11.8 Å². The van der Waals surface area contributed by atoms with E-state index in [4.69, 9.17) is 18.4 Å². The van der Waals surface area contributed by atoms with E-state index in [9.17, 15) is 4.79 Å². The van der Waals surface area contributed by atoms with Crippen molar-refractivity contribution in [2.75, 3.05) is 13.2 Å². The molecule has 1 aliphatic rings. The lowest BCUT2D eigenvalue weighted by molar-refractivity contribution is -0.119. The van der Waals surface area contributed by atoms with Gasteiger partial charge in [-0.2, -0.15) is 0 Å². The number of amides is 1. The molecule has 8 heteroatoms. The monoisotopic (exact) mass is 385 g/mol. The molecule has 0 bridgehead atoms. The van der Waals surface area contributed by atoms with Gasteiger partial charge in [0.2, 0.25) is 11.7 Å². The van der Waals surface area contributed by atoms with E-state index in [1.54, 1.807) is 0 Å². The van der Waals surface area contributed by atoms with Crippen LogP contribution in [0.25, 0.3) is 22.8 Å². The second-order valence-electron chi connectivity index (χ2n) is 7.26. The van der Waals surface area contributed by atoms with Crippen molar-refractivity contribution in [1.29, 1.82) is 0 Å². The summed E-state index contributed by atoms with van der Waals surface area (Å²) in [4.78, 5) is 15.5. The topological polar surface area (TPSA) is 99.6 Å². The molecule has 4 rings (SSSR count). The van der Waals surface area contributed by atoms with Crippen molar-refractivity contribution in [3.63, 3.8) is 0 Å². The molecule has 0 spiro atoms. The van der Waals surface area contributed by atoms with Crippen LogP contribution in [-0.2, 0) is 4.79 Å². The maximum atomic E-state index is 11.1. The number of hydrogen-bond acceptors (Lipinski definition) is 7. The second-order valence-corrected chi connectivity index (χ2v) is 7.26. The van der Waals surface area contributed by atoms with Crippen LogP contribution in [0.15, 0.2) is 27.1 Å². The summed E-state index contributed by atoms with van der Waals surface area (Å²) in [7, 11) is 0. The molecule has 2 aromatic heterocycles. The van der Waals surface area contributed by atoms with Gasteiger partial charge in [0, 0.05) is 13.0 Å². The lowest BCUT2D eigenvalue weighted by atomic mass is 10.3. The van der Waals surface area contributed by atoms with Gasteiger partial charge in [0.05, 0.1) is 18.2 Å². The third kappa shape index (κ3) is 4.11. The quantitative estimate of drug-likeness (QED) is 0.633. The SMILES string of the molecule is CC(=O)NC(C)COc1noc(-c2nc3ccc(OCC4CC4)cc3o2)c1C. The molecule has 1 N–H and O–H groups in total. The van der Waals surface area contributed by atoms with Crippen molar-refractivity contribution in [2.45, 2.75) is 39.7 Å². The number of hydrogen-bond donors (Lipinski definition) is 1. The van der Waals surface area contributed by atoms with Crippen molar-refractivity contribution >= 4 is 17.0 Å². The van der Waals surface area contributed by atoms with Crippen LogP contribution in [0.2, 0.25) is 0 Å². The Hall–Kier alpha value is -3.03. The summed E-state index contributed by atoms with van der Waals surface area (Å²) in [6, 6.07) is 5.45. The molecule has 0 radical (unpaired) electrons. The highest BCUT2D eigenvalue weighted by Gasteiger charge is 2.23. The van der Waals surface area contributed by atoms with Crippen molar-refractivity contribution in [1.82, 2.24) is 15.5 Å². The fraction of sp³-hybridized carbons (Fsp3) is 0.450. The molecule has 2 heterocycles. The van der Waals surface area contributed by atoms with Crippen LogP contribution in [0, 0.1) is 12.8 Å². The summed E-state index contributed by atoms with van der Waals surface area (Å²) in [5, 5.41) is 6.70. The molecule has 1 fully saturated rings. The normalized spacial score (nSPS) is 14.8. The first kappa shape index (κ1) is 18.3. The number of benzene rings is 1. The first-order valence-corrected chi connectivity index (χ1v) is 9.39. The van der Waals surface area contributed by atoms with E-state index in [2.05, 4.69) is 15.5 Å². The fourth-order valence-electron chi connectivity index (χ4n) is 2.84. The van der Waals surface area contributed by atoms with Gasteiger partial charge >= 0.3 is 0 Å². The highest BCUT2D eigenvalue weighted by Crippen LogP contribution is 2.33. The van der Waals surface area contributed by atoms with Gasteiger partial charge in [0.15, 0.2) is 5.58 Å². The number of fused-ring (bicyclic) bond motifs is 1. The van der Waals surface area contributed by atoms with E-state index >= 15 is 0 Å². The molecular weight excluding hydrogens is 362 g/mol. The lowest BCUT2D eigenvalue weighted by Gasteiger charge is -2.12. The first-order chi connectivity index (χ1) is 13.5. The van der Waals surface area contributed by atoms with Crippen molar-refractivity contribution in [3.05, 3.63) is 23.8 Å². The van der Waals surface area contributed by atoms with Gasteiger partial charge in [0.1, 0.15) is 17.9 Å². The minimum absolute atomic E-state index is 0.111. The van der Waals surface area contributed by atoms with Crippen LogP contribution in [0.4, 0.5) is 0 Å². The number of carbonyl (C=O) groups excluding carboxylic acids is 1. The van der Waals surface area contributed by atoms with Crippen LogP contribution in [0.3, 0.4) is 0 Å². The van der Waals surface area contributed by atoms with Crippen LogP contribution >= 0.6 is 0 Å². The van der Waals surface area contributed by atoms with E-state index in [1.165, 1.54) is 19.8 Å². The number of aromatic nitrogens is 2. The van der Waals surface area contributed by atoms with Gasteiger partial charge in [-0.1, -0.05) is 0 Å². The van der Waals surface area contributed by atoms with Gasteiger partial charge in [-0.3, -0.25) is 4.79 Å². The smallest absolute Gasteiger partial charge is 0.267 e. The molecule has 8 nitrogen and oxygen atoms in total. The number of rotatable bonds is 8. The van der Waals surface area contributed by atoms with Crippen molar-refractivity contribution in [2.24, 2.45) is 5.92 Å². The number of ether oxygens (including phenoxy) is 2. The van der Waals surface area contributed by atoms with Crippen LogP contribution in [-0.4, -0.2) is 35.3 Å². The second kappa shape index (κ2) is 7.53. The molecule has 1 aromatic carbocycles. The third-order valence-electron chi connectivity index (χ3n) is 4.54. The lowest BCUT2D eigenvalue weighted by Crippen LogP contribution is -2.35. The van der Waals surface area contributed by atoms with E-state index < -0.39 is 0 Å². The molecule has 28 heavy (non-hydrogen) atoms. The maximum absolute atomic E-state index is 11.1. The average Bonchev–Trinajstić information content (AvgIpc) is 3.27. The van der Waals surface area contributed by atoms with Crippen LogP contribution < -0.4 is 14.8 Å². The summed E-state index contributed by atoms with van der Waals surface area (Å²) >= 11 is 0. The fourth-order valence-corrected chi connectivity index (χ4v) is 2.84. The summed E-state index contributed by atoms with van der Waals surface area (Å²) in [6.07, 6.45) is 2.49. The molecule has 0 aliphatic heterocycles. The summed E-state index contributed by atoms with van der Waals surface area (Å²) in [5.74, 6) is 2.45. The molecule has 1 atom stereocenters. The predicted molar refractivity (Wildman–Crippen MR) is 101 cm³/mol. The standard InChI is InChI=1S/C20H23N3O5/c1-11(21-13(3)24)9-26-19-12(2)18(28-23-19)20-22-16-7-6-15(8-17(16)27-20)25-10-14-4-5-14/h6-8,11,14H,4-5,9-10H2,1-3H3,(H,21,24). The maximum Gasteiger partial charge on any atom is 0.267 e. The minimum atomic E-state index is -0.143. The Kier molecular flexibility index (Phi) is 4.93. The molecular formula is C20H23N3O5. The summed E-state index contributed by atoms with van der Waals surface area (Å²) in [6.45, 7) is 6.16. The third-order valence-corrected chi connectivity index (χ3v) is 4.54. The van der Waals surface area contributed by atoms with Gasteiger partial charge in [-0.05, 0) is 49.9 Å². The zero-order valence-electron chi connectivity index (χ0n) is 16.2. The molecule has 1 saturated carbocycles. The molecule has 3 aromatic rings. The largest absolute Gasteiger partial charge is 0.493 e. The zero-order valence-corrected chi connectivity index (χ0v) is 16.2. The highest BCUT2D eigenvalue weighted by atomic mass is 16.5. The predicted octanol–water partition coefficient (Wildman–Crippen LogP) is 3.48. The molecule has 1 unspecified atom stereocenters. The molecule has 1 amide bonds. The number of nitrogens with zero attached hydrogens (tertiary/aromatic N) is 2. The van der Waals surface area contributed by atoms with Gasteiger partial charge < -0.3 is 23.7 Å². The van der Waals surface area contributed by atoms with Crippen LogP contribution in [0.1, 0.15) is 32.3 Å². The van der Waals surface area contributed by atoms with E-state index in [1.807, 2.05) is 32.0 Å². The zero-order chi connectivity index (χ0) is 19.7. The summed E-state index contributed by atoms with van der Waals surface area (Å²) < 4.78 is 22.7. The minimum Gasteiger partial charge on any atom is -0.493 e. The Balaban J connectivity index is 1.48. The Morgan fingerprint density at radius 1 is 1.36 bits per heavy atom. The Bertz CT molecular complexity index is 989. The molecule has 0 saturated heterocycles. The van der Waals surface area contributed by atoms with E-state index in [0.717, 1.165) is 12.4 Å². The number of nitrogens with one attached hydrogen (secondary N) is 1. The number of oxazole rings is 1. The van der Waals surface area contributed by atoms with Crippen molar-refractivity contribution < 1.29 is 23.2 Å². The Morgan fingerprint density at radius 2 is 2.18 bits per heavy atom. The molecule has 1 aliphatic carbocycles. The summed E-state index contributed by atoms with van der Waals surface area (Å²) in [5.41, 5.74) is 2.03. The van der Waals surface area contributed by atoms with E-state index in [0.29, 0.717) is 40.1 Å². The van der Waals surface area contributed by atoms with Gasteiger partial charge in [-0.25, -0.2) is 4.98 Å². The van der Waals surface area contributed by atoms with Crippen molar-refractivity contribution in [3.8, 4) is 23.3 Å². The average molecular weight is 385 g/mol. The van der Waals surface area contributed by atoms with Gasteiger partial charge in [-0.15, -0.1) is 0 Å². The first-order valence-electron chi connectivity index (χ1n) is 9.39. The molecule has 148 valence electrons.